The van der Waals surface area contributed by atoms with Gasteiger partial charge in [0.25, 0.3) is 5.91 Å². The van der Waals surface area contributed by atoms with Crippen LogP contribution in [0, 0.1) is 11.6 Å². The number of carbonyl (C=O) groups excluding carboxylic acids is 1. The zero-order valence-corrected chi connectivity index (χ0v) is 10.3. The maximum absolute atomic E-state index is 13.0. The number of halogens is 3. The first-order chi connectivity index (χ1) is 8.97. The summed E-state index contributed by atoms with van der Waals surface area (Å²) in [6.07, 6.45) is 0. The zero-order chi connectivity index (χ0) is 14.0. The van der Waals surface area contributed by atoms with Crippen LogP contribution in [-0.2, 0) is 0 Å². The van der Waals surface area contributed by atoms with Gasteiger partial charge in [0, 0.05) is 5.56 Å². The normalized spacial score (nSPS) is 10.3. The van der Waals surface area contributed by atoms with Gasteiger partial charge in [-0.3, -0.25) is 4.79 Å². The molecule has 0 aliphatic rings. The number of rotatable bonds is 2. The van der Waals surface area contributed by atoms with E-state index in [9.17, 15) is 13.6 Å². The van der Waals surface area contributed by atoms with Crippen molar-refractivity contribution in [3.63, 3.8) is 0 Å². The van der Waals surface area contributed by atoms with Crippen molar-refractivity contribution in [1.82, 2.24) is 0 Å². The highest BCUT2D eigenvalue weighted by atomic mass is 35.5. The quantitative estimate of drug-likeness (QED) is 0.829. The molecular formula is C13H9ClF2N2O. The van der Waals surface area contributed by atoms with Crippen LogP contribution in [0.25, 0.3) is 0 Å². The highest BCUT2D eigenvalue weighted by molar-refractivity contribution is 6.33. The maximum atomic E-state index is 13.0. The molecule has 2 rings (SSSR count). The van der Waals surface area contributed by atoms with Crippen molar-refractivity contribution in [2.75, 3.05) is 11.1 Å². The summed E-state index contributed by atoms with van der Waals surface area (Å²) in [6.45, 7) is 0. The topological polar surface area (TPSA) is 55.1 Å². The van der Waals surface area contributed by atoms with Gasteiger partial charge in [0.2, 0.25) is 0 Å². The van der Waals surface area contributed by atoms with E-state index in [1.165, 1.54) is 24.3 Å². The maximum Gasteiger partial charge on any atom is 0.255 e. The number of hydrogen-bond acceptors (Lipinski definition) is 2. The summed E-state index contributed by atoms with van der Waals surface area (Å²) in [6, 6.07) is 7.18. The summed E-state index contributed by atoms with van der Waals surface area (Å²) in [5, 5.41) is 2.56. The Labute approximate surface area is 113 Å². The lowest BCUT2D eigenvalue weighted by Gasteiger charge is -2.08. The molecule has 0 bridgehead atoms. The van der Waals surface area contributed by atoms with Crippen LogP contribution >= 0.6 is 11.6 Å². The highest BCUT2D eigenvalue weighted by Crippen LogP contribution is 2.23. The molecule has 3 nitrogen and oxygen atoms in total. The van der Waals surface area contributed by atoms with Crippen molar-refractivity contribution in [2.24, 2.45) is 0 Å². The van der Waals surface area contributed by atoms with Crippen LogP contribution < -0.4 is 11.1 Å². The second-order valence-corrected chi connectivity index (χ2v) is 4.22. The number of hydrogen-bond donors (Lipinski definition) is 2. The van der Waals surface area contributed by atoms with Crippen molar-refractivity contribution < 1.29 is 13.6 Å². The Morgan fingerprint density at radius 1 is 1.16 bits per heavy atom. The van der Waals surface area contributed by atoms with Gasteiger partial charge in [-0.1, -0.05) is 11.6 Å². The Bertz CT molecular complexity index is 647. The molecule has 0 aliphatic carbocycles. The van der Waals surface area contributed by atoms with Gasteiger partial charge in [0.05, 0.1) is 16.4 Å². The molecule has 0 aliphatic heterocycles. The van der Waals surface area contributed by atoms with Crippen LogP contribution in [0.15, 0.2) is 36.4 Å². The van der Waals surface area contributed by atoms with Gasteiger partial charge in [-0.2, -0.15) is 0 Å². The molecule has 1 amide bonds. The standard InChI is InChI=1S/C13H9ClF2N2O/c14-9-6-8(15)2-4-12(9)18-13(19)7-1-3-10(16)11(17)5-7/h1-6H,17H2,(H,18,19). The number of benzene rings is 2. The second-order valence-electron chi connectivity index (χ2n) is 3.81. The van der Waals surface area contributed by atoms with Gasteiger partial charge in [0.1, 0.15) is 11.6 Å². The van der Waals surface area contributed by atoms with Gasteiger partial charge in [0.15, 0.2) is 0 Å². The van der Waals surface area contributed by atoms with Gasteiger partial charge < -0.3 is 11.1 Å². The number of anilines is 2. The predicted octanol–water partition coefficient (Wildman–Crippen LogP) is 3.45. The number of nitrogens with one attached hydrogen (secondary N) is 1. The first-order valence-electron chi connectivity index (χ1n) is 5.29. The minimum atomic E-state index is -0.601. The molecule has 0 heterocycles. The van der Waals surface area contributed by atoms with Gasteiger partial charge in [-0.25, -0.2) is 8.78 Å². The average Bonchev–Trinajstić information content (AvgIpc) is 2.36. The van der Waals surface area contributed by atoms with E-state index in [1.54, 1.807) is 0 Å². The van der Waals surface area contributed by atoms with E-state index in [-0.39, 0.29) is 22.0 Å². The predicted molar refractivity (Wildman–Crippen MR) is 70.2 cm³/mol. The number of nitrogens with two attached hydrogens (primary N) is 1. The van der Waals surface area contributed by atoms with Crippen LogP contribution in [0.2, 0.25) is 5.02 Å². The monoisotopic (exact) mass is 282 g/mol. The largest absolute Gasteiger partial charge is 0.396 e. The van der Waals surface area contributed by atoms with Gasteiger partial charge in [-0.15, -0.1) is 0 Å². The molecule has 0 fully saturated rings. The van der Waals surface area contributed by atoms with E-state index < -0.39 is 17.5 Å². The molecule has 0 unspecified atom stereocenters. The molecule has 19 heavy (non-hydrogen) atoms. The molecule has 0 saturated carbocycles. The molecule has 2 aromatic carbocycles. The lowest BCUT2D eigenvalue weighted by atomic mass is 10.1. The van der Waals surface area contributed by atoms with Crippen molar-refractivity contribution >= 4 is 28.9 Å². The average molecular weight is 283 g/mol. The van der Waals surface area contributed by atoms with Crippen LogP contribution in [0.5, 0.6) is 0 Å². The summed E-state index contributed by atoms with van der Waals surface area (Å²) >= 11 is 5.78. The van der Waals surface area contributed by atoms with E-state index in [2.05, 4.69) is 5.32 Å². The molecule has 0 aromatic heterocycles. The van der Waals surface area contributed by atoms with E-state index >= 15 is 0 Å². The molecular weight excluding hydrogens is 274 g/mol. The third kappa shape index (κ3) is 3.00. The molecule has 3 N–H and O–H groups in total. The van der Waals surface area contributed by atoms with Gasteiger partial charge >= 0.3 is 0 Å². The minimum absolute atomic E-state index is 0.0726. The zero-order valence-electron chi connectivity index (χ0n) is 9.58. The Morgan fingerprint density at radius 3 is 2.53 bits per heavy atom. The Hall–Kier alpha value is -2.14. The number of carbonyl (C=O) groups is 1. The lowest BCUT2D eigenvalue weighted by molar-refractivity contribution is 0.102. The fourth-order valence-corrected chi connectivity index (χ4v) is 1.68. The van der Waals surface area contributed by atoms with E-state index in [0.29, 0.717) is 0 Å². The summed E-state index contributed by atoms with van der Waals surface area (Å²) in [5.74, 6) is -1.62. The van der Waals surface area contributed by atoms with Crippen molar-refractivity contribution in [3.05, 3.63) is 58.6 Å². The van der Waals surface area contributed by atoms with E-state index in [0.717, 1.165) is 12.1 Å². The molecule has 6 heteroatoms. The molecule has 0 saturated heterocycles. The summed E-state index contributed by atoms with van der Waals surface area (Å²) in [7, 11) is 0. The molecule has 0 spiro atoms. The Morgan fingerprint density at radius 2 is 1.89 bits per heavy atom. The van der Waals surface area contributed by atoms with E-state index in [1.807, 2.05) is 0 Å². The minimum Gasteiger partial charge on any atom is -0.396 e. The number of nitrogen functional groups attached to an aromatic ring is 1. The van der Waals surface area contributed by atoms with Crippen LogP contribution in [0.4, 0.5) is 20.2 Å². The van der Waals surface area contributed by atoms with Crippen LogP contribution in [-0.4, -0.2) is 5.91 Å². The fraction of sp³-hybridized carbons (Fsp3) is 0. The molecule has 0 atom stereocenters. The SMILES string of the molecule is Nc1cc(C(=O)Nc2ccc(F)cc2Cl)ccc1F. The van der Waals surface area contributed by atoms with Crippen LogP contribution in [0.3, 0.4) is 0 Å². The smallest absolute Gasteiger partial charge is 0.255 e. The summed E-state index contributed by atoms with van der Waals surface area (Å²) < 4.78 is 25.8. The highest BCUT2D eigenvalue weighted by Gasteiger charge is 2.10. The molecule has 2 aromatic rings. The Kier molecular flexibility index (Phi) is 3.66. The number of amides is 1. The molecule has 98 valence electrons. The first kappa shape index (κ1) is 13.3. The Balaban J connectivity index is 2.23. The lowest BCUT2D eigenvalue weighted by Crippen LogP contribution is -2.13. The third-order valence-corrected chi connectivity index (χ3v) is 2.75. The van der Waals surface area contributed by atoms with Crippen molar-refractivity contribution in [3.8, 4) is 0 Å². The third-order valence-electron chi connectivity index (χ3n) is 2.44. The van der Waals surface area contributed by atoms with Gasteiger partial charge in [-0.05, 0) is 36.4 Å². The summed E-state index contributed by atoms with van der Waals surface area (Å²) in [5.41, 5.74) is 5.68. The molecule has 0 radical (unpaired) electrons. The summed E-state index contributed by atoms with van der Waals surface area (Å²) in [4.78, 5) is 11.9. The van der Waals surface area contributed by atoms with Crippen molar-refractivity contribution in [1.29, 1.82) is 0 Å². The fourth-order valence-electron chi connectivity index (χ4n) is 1.47. The van der Waals surface area contributed by atoms with Crippen molar-refractivity contribution in [2.45, 2.75) is 0 Å². The van der Waals surface area contributed by atoms with E-state index in [4.69, 9.17) is 17.3 Å². The first-order valence-corrected chi connectivity index (χ1v) is 5.66. The van der Waals surface area contributed by atoms with Crippen LogP contribution in [0.1, 0.15) is 10.4 Å². The second kappa shape index (κ2) is 5.24.